The minimum Gasteiger partial charge on any atom is -0.349 e. The predicted molar refractivity (Wildman–Crippen MR) is 60.3 cm³/mol. The molecule has 0 aliphatic carbocycles. The van der Waals surface area contributed by atoms with Crippen LogP contribution in [0.4, 0.5) is 0 Å². The SMILES string of the molecule is CC1=CCC(c2ccccc2)NC(=O)C1. The summed E-state index contributed by atoms with van der Waals surface area (Å²) in [6, 6.07) is 10.2. The fourth-order valence-electron chi connectivity index (χ4n) is 1.85. The lowest BCUT2D eigenvalue weighted by molar-refractivity contribution is -0.121. The first-order valence-corrected chi connectivity index (χ1v) is 5.25. The molecule has 0 aromatic heterocycles. The summed E-state index contributed by atoms with van der Waals surface area (Å²) in [7, 11) is 0. The Morgan fingerprint density at radius 2 is 2.00 bits per heavy atom. The van der Waals surface area contributed by atoms with E-state index >= 15 is 0 Å². The van der Waals surface area contributed by atoms with Crippen LogP contribution < -0.4 is 5.32 Å². The summed E-state index contributed by atoms with van der Waals surface area (Å²) in [6.45, 7) is 2.01. The van der Waals surface area contributed by atoms with E-state index in [0.717, 1.165) is 12.0 Å². The number of carbonyl (C=O) groups is 1. The zero-order valence-corrected chi connectivity index (χ0v) is 8.86. The molecular weight excluding hydrogens is 186 g/mol. The molecule has 1 heterocycles. The molecule has 0 bridgehead atoms. The zero-order chi connectivity index (χ0) is 10.7. The van der Waals surface area contributed by atoms with Gasteiger partial charge in [-0.25, -0.2) is 0 Å². The van der Waals surface area contributed by atoms with Gasteiger partial charge < -0.3 is 5.32 Å². The van der Waals surface area contributed by atoms with E-state index in [1.165, 1.54) is 5.56 Å². The molecule has 1 unspecified atom stereocenters. The summed E-state index contributed by atoms with van der Waals surface area (Å²) >= 11 is 0. The molecule has 0 saturated heterocycles. The monoisotopic (exact) mass is 201 g/mol. The van der Waals surface area contributed by atoms with Crippen molar-refractivity contribution in [3.05, 3.63) is 47.5 Å². The molecule has 0 saturated carbocycles. The van der Waals surface area contributed by atoms with Crippen molar-refractivity contribution in [3.63, 3.8) is 0 Å². The van der Waals surface area contributed by atoms with E-state index in [1.54, 1.807) is 0 Å². The lowest BCUT2D eigenvalue weighted by atomic mass is 10.0. The van der Waals surface area contributed by atoms with E-state index in [-0.39, 0.29) is 11.9 Å². The molecule has 1 atom stereocenters. The number of hydrogen-bond acceptors (Lipinski definition) is 1. The molecule has 1 amide bonds. The maximum atomic E-state index is 11.5. The molecule has 2 heteroatoms. The van der Waals surface area contributed by atoms with Gasteiger partial charge in [-0.3, -0.25) is 4.79 Å². The Labute approximate surface area is 90.0 Å². The number of amides is 1. The molecular formula is C13H15NO. The molecule has 2 nitrogen and oxygen atoms in total. The highest BCUT2D eigenvalue weighted by atomic mass is 16.1. The van der Waals surface area contributed by atoms with Gasteiger partial charge in [0.25, 0.3) is 0 Å². The van der Waals surface area contributed by atoms with Crippen LogP contribution in [-0.2, 0) is 4.79 Å². The van der Waals surface area contributed by atoms with Gasteiger partial charge in [0.2, 0.25) is 5.91 Å². The van der Waals surface area contributed by atoms with Crippen LogP contribution in [0.3, 0.4) is 0 Å². The van der Waals surface area contributed by atoms with Crippen LogP contribution in [0.2, 0.25) is 0 Å². The molecule has 0 radical (unpaired) electrons. The largest absolute Gasteiger partial charge is 0.349 e. The normalized spacial score (nSPS) is 21.5. The summed E-state index contributed by atoms with van der Waals surface area (Å²) in [5.41, 5.74) is 2.34. The molecule has 1 N–H and O–H groups in total. The van der Waals surface area contributed by atoms with Crippen LogP contribution in [0.15, 0.2) is 42.0 Å². The second kappa shape index (κ2) is 4.30. The van der Waals surface area contributed by atoms with Crippen LogP contribution in [0.5, 0.6) is 0 Å². The minimum atomic E-state index is 0.120. The Balaban J connectivity index is 2.20. The van der Waals surface area contributed by atoms with E-state index < -0.39 is 0 Å². The molecule has 1 aromatic carbocycles. The Kier molecular flexibility index (Phi) is 2.86. The van der Waals surface area contributed by atoms with Crippen LogP contribution in [0, 0.1) is 0 Å². The first-order valence-electron chi connectivity index (χ1n) is 5.25. The maximum Gasteiger partial charge on any atom is 0.224 e. The zero-order valence-electron chi connectivity index (χ0n) is 8.86. The van der Waals surface area contributed by atoms with Gasteiger partial charge >= 0.3 is 0 Å². The maximum absolute atomic E-state index is 11.5. The van der Waals surface area contributed by atoms with Crippen molar-refractivity contribution in [1.82, 2.24) is 5.32 Å². The highest BCUT2D eigenvalue weighted by Gasteiger charge is 2.16. The number of rotatable bonds is 1. The fourth-order valence-corrected chi connectivity index (χ4v) is 1.85. The highest BCUT2D eigenvalue weighted by molar-refractivity contribution is 5.79. The van der Waals surface area contributed by atoms with Crippen LogP contribution in [-0.4, -0.2) is 5.91 Å². The second-order valence-corrected chi connectivity index (χ2v) is 3.99. The van der Waals surface area contributed by atoms with Gasteiger partial charge in [-0.2, -0.15) is 0 Å². The van der Waals surface area contributed by atoms with Crippen molar-refractivity contribution in [1.29, 1.82) is 0 Å². The van der Waals surface area contributed by atoms with Gasteiger partial charge in [-0.15, -0.1) is 0 Å². The van der Waals surface area contributed by atoms with Crippen molar-refractivity contribution in [3.8, 4) is 0 Å². The number of hydrogen-bond donors (Lipinski definition) is 1. The Morgan fingerprint density at radius 3 is 2.73 bits per heavy atom. The van der Waals surface area contributed by atoms with E-state index in [2.05, 4.69) is 23.5 Å². The first-order chi connectivity index (χ1) is 7.25. The average molecular weight is 201 g/mol. The predicted octanol–water partition coefficient (Wildman–Crippen LogP) is 2.58. The quantitative estimate of drug-likeness (QED) is 0.695. The Hall–Kier alpha value is -1.57. The van der Waals surface area contributed by atoms with Crippen molar-refractivity contribution < 1.29 is 4.79 Å². The van der Waals surface area contributed by atoms with Crippen molar-refractivity contribution in [2.24, 2.45) is 0 Å². The molecule has 78 valence electrons. The van der Waals surface area contributed by atoms with Crippen molar-refractivity contribution in [2.75, 3.05) is 0 Å². The third-order valence-corrected chi connectivity index (χ3v) is 2.68. The fraction of sp³-hybridized carbons (Fsp3) is 0.308. The van der Waals surface area contributed by atoms with Gasteiger partial charge in [-0.05, 0) is 18.9 Å². The van der Waals surface area contributed by atoms with Crippen molar-refractivity contribution in [2.45, 2.75) is 25.8 Å². The van der Waals surface area contributed by atoms with Gasteiger partial charge in [-0.1, -0.05) is 42.0 Å². The molecule has 1 aromatic rings. The summed E-state index contributed by atoms with van der Waals surface area (Å²) in [5, 5.41) is 3.03. The summed E-state index contributed by atoms with van der Waals surface area (Å²) in [5.74, 6) is 0.120. The standard InChI is InChI=1S/C13H15NO/c1-10-7-8-12(14-13(15)9-10)11-5-3-2-4-6-11/h2-7,12H,8-9H2,1H3,(H,14,15). The van der Waals surface area contributed by atoms with Crippen molar-refractivity contribution >= 4 is 5.91 Å². The second-order valence-electron chi connectivity index (χ2n) is 3.99. The molecule has 2 rings (SSSR count). The molecule has 15 heavy (non-hydrogen) atoms. The minimum absolute atomic E-state index is 0.120. The number of carbonyl (C=O) groups excluding carboxylic acids is 1. The molecule has 1 aliphatic rings. The summed E-state index contributed by atoms with van der Waals surface area (Å²) in [6.07, 6.45) is 3.57. The molecule has 0 spiro atoms. The molecule has 0 fully saturated rings. The lowest BCUT2D eigenvalue weighted by Gasteiger charge is -2.15. The van der Waals surface area contributed by atoms with Gasteiger partial charge in [0.1, 0.15) is 0 Å². The molecule has 1 aliphatic heterocycles. The summed E-state index contributed by atoms with van der Waals surface area (Å²) < 4.78 is 0. The third kappa shape index (κ3) is 2.46. The Morgan fingerprint density at radius 1 is 1.27 bits per heavy atom. The van der Waals surface area contributed by atoms with Crippen LogP contribution in [0.25, 0.3) is 0 Å². The Bertz CT molecular complexity index is 381. The van der Waals surface area contributed by atoms with E-state index in [4.69, 9.17) is 0 Å². The van der Waals surface area contributed by atoms with E-state index in [1.807, 2.05) is 25.1 Å². The van der Waals surface area contributed by atoms with Crippen LogP contribution in [0.1, 0.15) is 31.4 Å². The van der Waals surface area contributed by atoms with Gasteiger partial charge in [0.05, 0.1) is 6.04 Å². The first kappa shape index (κ1) is 9.97. The lowest BCUT2D eigenvalue weighted by Crippen LogP contribution is -2.26. The van der Waals surface area contributed by atoms with E-state index in [9.17, 15) is 4.79 Å². The van der Waals surface area contributed by atoms with Gasteiger partial charge in [0, 0.05) is 6.42 Å². The summed E-state index contributed by atoms with van der Waals surface area (Å²) in [4.78, 5) is 11.5. The number of nitrogens with one attached hydrogen (secondary N) is 1. The smallest absolute Gasteiger partial charge is 0.224 e. The van der Waals surface area contributed by atoms with Crippen LogP contribution >= 0.6 is 0 Å². The third-order valence-electron chi connectivity index (χ3n) is 2.68. The van der Waals surface area contributed by atoms with E-state index in [0.29, 0.717) is 6.42 Å². The van der Waals surface area contributed by atoms with Gasteiger partial charge in [0.15, 0.2) is 0 Å². The topological polar surface area (TPSA) is 29.1 Å². The number of benzene rings is 1. The highest BCUT2D eigenvalue weighted by Crippen LogP contribution is 2.21. The average Bonchev–Trinajstić information content (AvgIpc) is 2.41.